The van der Waals surface area contributed by atoms with Crippen LogP contribution in [0.5, 0.6) is 0 Å². The molecule has 1 fully saturated rings. The lowest BCUT2D eigenvalue weighted by atomic mass is 10.0. The molecule has 20 heavy (non-hydrogen) atoms. The second-order valence-corrected chi connectivity index (χ2v) is 5.59. The summed E-state index contributed by atoms with van der Waals surface area (Å²) in [5.41, 5.74) is 6.60. The van der Waals surface area contributed by atoms with E-state index in [1.165, 1.54) is 12.1 Å². The number of hydrogen-bond acceptors (Lipinski definition) is 3. The molecule has 112 valence electrons. The lowest BCUT2D eigenvalue weighted by Crippen LogP contribution is -2.50. The molecule has 1 aliphatic heterocycles. The largest absolute Gasteiger partial charge is 0.329 e. The van der Waals surface area contributed by atoms with Crippen molar-refractivity contribution in [1.82, 2.24) is 9.80 Å². The van der Waals surface area contributed by atoms with E-state index >= 15 is 0 Å². The van der Waals surface area contributed by atoms with Crippen LogP contribution in [0.1, 0.15) is 25.5 Å². The van der Waals surface area contributed by atoms with Crippen LogP contribution >= 0.6 is 0 Å². The maximum absolute atomic E-state index is 13.4. The van der Waals surface area contributed by atoms with Gasteiger partial charge in [-0.25, -0.2) is 8.78 Å². The third kappa shape index (κ3) is 3.34. The number of halogens is 2. The number of nitrogens with two attached hydrogens (primary N) is 1. The third-order valence-electron chi connectivity index (χ3n) is 4.07. The lowest BCUT2D eigenvalue weighted by molar-refractivity contribution is 0.0801. The Morgan fingerprint density at radius 1 is 1.05 bits per heavy atom. The summed E-state index contributed by atoms with van der Waals surface area (Å²) >= 11 is 0. The van der Waals surface area contributed by atoms with Crippen LogP contribution in [0.3, 0.4) is 0 Å². The number of rotatable bonds is 4. The Hall–Kier alpha value is -1.04. The molecule has 1 aromatic carbocycles. The van der Waals surface area contributed by atoms with Gasteiger partial charge in [0.2, 0.25) is 0 Å². The second kappa shape index (κ2) is 6.61. The number of piperazine rings is 1. The van der Waals surface area contributed by atoms with Crippen LogP contribution in [0.25, 0.3) is 0 Å². The zero-order valence-electron chi connectivity index (χ0n) is 12.1. The van der Waals surface area contributed by atoms with E-state index in [-0.39, 0.29) is 6.04 Å². The topological polar surface area (TPSA) is 32.5 Å². The fraction of sp³-hybridized carbons (Fsp3) is 0.600. The van der Waals surface area contributed by atoms with Crippen molar-refractivity contribution in [2.45, 2.75) is 25.9 Å². The fourth-order valence-electron chi connectivity index (χ4n) is 2.78. The zero-order chi connectivity index (χ0) is 14.7. The van der Waals surface area contributed by atoms with E-state index in [0.717, 1.165) is 31.7 Å². The molecule has 5 heteroatoms. The van der Waals surface area contributed by atoms with Crippen molar-refractivity contribution < 1.29 is 8.78 Å². The second-order valence-electron chi connectivity index (χ2n) is 5.59. The molecule has 0 bridgehead atoms. The van der Waals surface area contributed by atoms with Gasteiger partial charge in [0.15, 0.2) is 11.6 Å². The molecule has 0 spiro atoms. The van der Waals surface area contributed by atoms with Gasteiger partial charge in [-0.3, -0.25) is 9.80 Å². The van der Waals surface area contributed by atoms with Crippen LogP contribution in [0.2, 0.25) is 0 Å². The minimum absolute atomic E-state index is 0.0422. The summed E-state index contributed by atoms with van der Waals surface area (Å²) in [7, 11) is 0. The van der Waals surface area contributed by atoms with Gasteiger partial charge >= 0.3 is 0 Å². The summed E-state index contributed by atoms with van der Waals surface area (Å²) in [6, 6.07) is 4.57. The van der Waals surface area contributed by atoms with Gasteiger partial charge in [-0.1, -0.05) is 6.07 Å². The summed E-state index contributed by atoms with van der Waals surface area (Å²) in [4.78, 5) is 4.67. The molecule has 0 aromatic heterocycles. The highest BCUT2D eigenvalue weighted by atomic mass is 19.2. The molecule has 3 nitrogen and oxygen atoms in total. The van der Waals surface area contributed by atoms with E-state index in [9.17, 15) is 8.78 Å². The maximum atomic E-state index is 13.4. The van der Waals surface area contributed by atoms with Gasteiger partial charge in [0.05, 0.1) is 0 Å². The smallest absolute Gasteiger partial charge is 0.159 e. The molecular weight excluding hydrogens is 260 g/mol. The Morgan fingerprint density at radius 2 is 1.65 bits per heavy atom. The van der Waals surface area contributed by atoms with Crippen molar-refractivity contribution in [3.8, 4) is 0 Å². The standard InChI is InChI=1S/C15H23F2N3/c1-11(2)19-5-7-20(8-6-19)15(10-18)12-3-4-13(16)14(17)9-12/h3-4,9,11,15H,5-8,10,18H2,1-2H3. The molecule has 0 saturated carbocycles. The van der Waals surface area contributed by atoms with Crippen LogP contribution < -0.4 is 5.73 Å². The maximum Gasteiger partial charge on any atom is 0.159 e. The monoisotopic (exact) mass is 283 g/mol. The molecule has 1 aromatic rings. The molecule has 0 aliphatic carbocycles. The van der Waals surface area contributed by atoms with Crippen molar-refractivity contribution in [1.29, 1.82) is 0 Å². The van der Waals surface area contributed by atoms with Gasteiger partial charge in [0.1, 0.15) is 0 Å². The molecule has 0 amide bonds. The van der Waals surface area contributed by atoms with Crippen molar-refractivity contribution >= 4 is 0 Å². The van der Waals surface area contributed by atoms with E-state index in [1.807, 2.05) is 0 Å². The Labute approximate surface area is 119 Å². The van der Waals surface area contributed by atoms with Crippen LogP contribution in [-0.4, -0.2) is 48.6 Å². The van der Waals surface area contributed by atoms with Gasteiger partial charge in [-0.2, -0.15) is 0 Å². The average molecular weight is 283 g/mol. The van der Waals surface area contributed by atoms with E-state index in [0.29, 0.717) is 12.6 Å². The fourth-order valence-corrected chi connectivity index (χ4v) is 2.78. The average Bonchev–Trinajstić information content (AvgIpc) is 2.44. The minimum Gasteiger partial charge on any atom is -0.329 e. The summed E-state index contributed by atoms with van der Waals surface area (Å²) in [6.07, 6.45) is 0. The Morgan fingerprint density at radius 3 is 2.15 bits per heavy atom. The van der Waals surface area contributed by atoms with Crippen LogP contribution in [0, 0.1) is 11.6 Å². The molecule has 1 unspecified atom stereocenters. The van der Waals surface area contributed by atoms with E-state index < -0.39 is 11.6 Å². The lowest BCUT2D eigenvalue weighted by Gasteiger charge is -2.40. The number of hydrogen-bond donors (Lipinski definition) is 1. The summed E-state index contributed by atoms with van der Waals surface area (Å²) < 4.78 is 26.4. The first kappa shape index (κ1) is 15.4. The van der Waals surface area contributed by atoms with E-state index in [4.69, 9.17) is 5.73 Å². The van der Waals surface area contributed by atoms with Crippen LogP contribution in [0.4, 0.5) is 8.78 Å². The van der Waals surface area contributed by atoms with E-state index in [2.05, 4.69) is 23.6 Å². The molecule has 1 atom stereocenters. The van der Waals surface area contributed by atoms with Gasteiger partial charge < -0.3 is 5.73 Å². The highest BCUT2D eigenvalue weighted by Crippen LogP contribution is 2.23. The summed E-state index contributed by atoms with van der Waals surface area (Å²) in [5.74, 6) is -1.61. The predicted molar refractivity (Wildman–Crippen MR) is 76.4 cm³/mol. The quantitative estimate of drug-likeness (QED) is 0.917. The molecule has 1 aliphatic rings. The first-order chi connectivity index (χ1) is 9.52. The molecule has 1 heterocycles. The zero-order valence-corrected chi connectivity index (χ0v) is 12.1. The highest BCUT2D eigenvalue weighted by molar-refractivity contribution is 5.22. The van der Waals surface area contributed by atoms with Crippen molar-refractivity contribution in [2.24, 2.45) is 5.73 Å². The van der Waals surface area contributed by atoms with Gasteiger partial charge in [-0.05, 0) is 31.5 Å². The van der Waals surface area contributed by atoms with E-state index in [1.54, 1.807) is 6.07 Å². The highest BCUT2D eigenvalue weighted by Gasteiger charge is 2.25. The van der Waals surface area contributed by atoms with Gasteiger partial charge in [0, 0.05) is 44.8 Å². The van der Waals surface area contributed by atoms with Crippen LogP contribution in [-0.2, 0) is 0 Å². The number of nitrogens with zero attached hydrogens (tertiary/aromatic N) is 2. The molecular formula is C15H23F2N3. The first-order valence-corrected chi connectivity index (χ1v) is 7.16. The molecule has 2 rings (SSSR count). The van der Waals surface area contributed by atoms with Crippen molar-refractivity contribution in [2.75, 3.05) is 32.7 Å². The third-order valence-corrected chi connectivity index (χ3v) is 4.07. The minimum atomic E-state index is -0.811. The Kier molecular flexibility index (Phi) is 5.07. The molecule has 2 N–H and O–H groups in total. The molecule has 0 radical (unpaired) electrons. The molecule has 1 saturated heterocycles. The van der Waals surface area contributed by atoms with Gasteiger partial charge in [-0.15, -0.1) is 0 Å². The number of benzene rings is 1. The van der Waals surface area contributed by atoms with Crippen LogP contribution in [0.15, 0.2) is 18.2 Å². The summed E-state index contributed by atoms with van der Waals surface area (Å²) in [6.45, 7) is 8.55. The normalized spacial score (nSPS) is 19.5. The predicted octanol–water partition coefficient (Wildman–Crippen LogP) is 1.99. The Balaban J connectivity index is 2.07. The summed E-state index contributed by atoms with van der Waals surface area (Å²) in [5, 5.41) is 0. The van der Waals surface area contributed by atoms with Gasteiger partial charge in [0.25, 0.3) is 0 Å². The van der Waals surface area contributed by atoms with Crippen molar-refractivity contribution in [3.05, 3.63) is 35.4 Å². The van der Waals surface area contributed by atoms with Crippen molar-refractivity contribution in [3.63, 3.8) is 0 Å². The SMILES string of the molecule is CC(C)N1CCN(C(CN)c2ccc(F)c(F)c2)CC1. The Bertz CT molecular complexity index is 443. The first-order valence-electron chi connectivity index (χ1n) is 7.16.